The molecule has 1 N–H and O–H groups in total. The molecule has 0 spiro atoms. The summed E-state index contributed by atoms with van der Waals surface area (Å²) in [6, 6.07) is 3.72. The lowest BCUT2D eigenvalue weighted by Gasteiger charge is -2.32. The zero-order valence-electron chi connectivity index (χ0n) is 25.4. The van der Waals surface area contributed by atoms with Gasteiger partial charge >= 0.3 is 0 Å². The van der Waals surface area contributed by atoms with Gasteiger partial charge in [0.25, 0.3) is 0 Å². The maximum absolute atomic E-state index is 15.5. The smallest absolute Gasteiger partial charge is 0.146 e. The number of ether oxygens (including phenoxy) is 1. The summed E-state index contributed by atoms with van der Waals surface area (Å²) in [6.07, 6.45) is 4.05. The van der Waals surface area contributed by atoms with Gasteiger partial charge in [-0.3, -0.25) is 14.6 Å². The van der Waals surface area contributed by atoms with Crippen molar-refractivity contribution in [2.45, 2.75) is 32.3 Å². The van der Waals surface area contributed by atoms with Crippen molar-refractivity contribution in [2.24, 2.45) is 19.9 Å². The van der Waals surface area contributed by atoms with Crippen LogP contribution in [0, 0.1) is 18.6 Å². The highest BCUT2D eigenvalue weighted by atomic mass is 19.1. The fourth-order valence-corrected chi connectivity index (χ4v) is 5.24. The third-order valence-electron chi connectivity index (χ3n) is 6.85. The number of halogens is 1. The molecule has 1 fully saturated rings. The van der Waals surface area contributed by atoms with Crippen LogP contribution in [0.4, 0.5) is 4.39 Å². The lowest BCUT2D eigenvalue weighted by molar-refractivity contribution is 0.0542. The van der Waals surface area contributed by atoms with E-state index in [1.807, 2.05) is 0 Å². The van der Waals surface area contributed by atoms with Crippen molar-refractivity contribution in [3.8, 4) is 11.3 Å². The molecule has 0 bridgehead atoms. The van der Waals surface area contributed by atoms with Gasteiger partial charge < -0.3 is 14.4 Å². The highest BCUT2D eigenvalue weighted by molar-refractivity contribution is 6.05. The largest absolute Gasteiger partial charge is 0.390 e. The van der Waals surface area contributed by atoms with Crippen LogP contribution in [0.15, 0.2) is 30.6 Å². The Morgan fingerprint density at radius 2 is 2.11 bits per heavy atom. The molecule has 6 rings (SSSR count). The molecular formula is C25H27FN8O2. The topological polar surface area (TPSA) is 109 Å². The standard InChI is InChI=1S/C25H27FN8O2/c1-14-23(33(3)31-29-14)16-11-18-21(28-12-16)22-25(19(13-35)32(2)30-22)34(18)24(15-6-9-36-10-7-15)20-17(26)5-4-8-27-20/h4-5,8,11-12,15,24,35H,6-7,9-10,13H2,1-3H3/i1D3,2D3. The fourth-order valence-electron chi connectivity index (χ4n) is 5.24. The monoisotopic (exact) mass is 496 g/mol. The van der Waals surface area contributed by atoms with E-state index in [1.54, 1.807) is 17.7 Å². The van der Waals surface area contributed by atoms with E-state index in [9.17, 15) is 5.11 Å². The predicted octanol–water partition coefficient (Wildman–Crippen LogP) is 3.07. The Morgan fingerprint density at radius 1 is 1.25 bits per heavy atom. The fraction of sp³-hybridized carbons (Fsp3) is 0.400. The second-order valence-corrected chi connectivity index (χ2v) is 8.85. The number of aryl methyl sites for hydroxylation is 3. The summed E-state index contributed by atoms with van der Waals surface area (Å²) in [5.74, 6) is -0.744. The summed E-state index contributed by atoms with van der Waals surface area (Å²) in [6.45, 7) is -5.07. The van der Waals surface area contributed by atoms with Crippen LogP contribution in [-0.2, 0) is 25.4 Å². The molecule has 0 radical (unpaired) electrons. The minimum absolute atomic E-state index is 0.00308. The van der Waals surface area contributed by atoms with E-state index in [-0.39, 0.29) is 39.7 Å². The number of pyridine rings is 2. The number of nitrogens with zero attached hydrogens (tertiary/aromatic N) is 8. The number of rotatable bonds is 5. The molecule has 1 unspecified atom stereocenters. The lowest BCUT2D eigenvalue weighted by Crippen LogP contribution is -2.28. The summed E-state index contributed by atoms with van der Waals surface area (Å²) >= 11 is 0. The number of aliphatic hydroxyl groups excluding tert-OH is 1. The van der Waals surface area contributed by atoms with Gasteiger partial charge in [-0.25, -0.2) is 9.07 Å². The second kappa shape index (κ2) is 8.75. The summed E-state index contributed by atoms with van der Waals surface area (Å²) in [7, 11) is 1.57. The van der Waals surface area contributed by atoms with Crippen molar-refractivity contribution in [1.82, 2.24) is 39.3 Å². The zero-order valence-corrected chi connectivity index (χ0v) is 19.4. The van der Waals surface area contributed by atoms with Crippen LogP contribution in [0.2, 0.25) is 0 Å². The Kier molecular flexibility index (Phi) is 4.10. The third-order valence-corrected chi connectivity index (χ3v) is 6.85. The minimum atomic E-state index is -2.71. The average Bonchev–Trinajstić information content (AvgIpc) is 3.61. The summed E-state index contributed by atoms with van der Waals surface area (Å²) in [5.41, 5.74) is 1.71. The number of hydrogen-bond donors (Lipinski definition) is 1. The van der Waals surface area contributed by atoms with Crippen LogP contribution < -0.4 is 0 Å². The predicted molar refractivity (Wildman–Crippen MR) is 131 cm³/mol. The Bertz CT molecular complexity index is 1790. The van der Waals surface area contributed by atoms with Gasteiger partial charge in [0.2, 0.25) is 0 Å². The first kappa shape index (κ1) is 16.9. The van der Waals surface area contributed by atoms with Crippen molar-refractivity contribution in [1.29, 1.82) is 0 Å². The van der Waals surface area contributed by atoms with Crippen LogP contribution in [0.25, 0.3) is 33.3 Å². The Balaban J connectivity index is 1.73. The Hall–Kier alpha value is -3.70. The lowest BCUT2D eigenvalue weighted by atomic mass is 9.88. The van der Waals surface area contributed by atoms with Crippen molar-refractivity contribution in [3.63, 3.8) is 0 Å². The molecule has 0 amide bonds. The van der Waals surface area contributed by atoms with E-state index >= 15 is 4.39 Å². The molecule has 11 heteroatoms. The van der Waals surface area contributed by atoms with E-state index < -0.39 is 32.3 Å². The number of aliphatic hydroxyl groups is 1. The molecule has 186 valence electrons. The first-order valence-electron chi connectivity index (χ1n) is 14.5. The average molecular weight is 497 g/mol. The summed E-state index contributed by atoms with van der Waals surface area (Å²) in [4.78, 5) is 9.02. The quantitative estimate of drug-likeness (QED) is 0.398. The van der Waals surface area contributed by atoms with E-state index in [2.05, 4.69) is 25.4 Å². The Morgan fingerprint density at radius 3 is 2.86 bits per heavy atom. The molecule has 1 atom stereocenters. The molecule has 1 aliphatic heterocycles. The van der Waals surface area contributed by atoms with Gasteiger partial charge in [0, 0.05) is 53.4 Å². The second-order valence-electron chi connectivity index (χ2n) is 8.85. The zero-order chi connectivity index (χ0) is 30.0. The van der Waals surface area contributed by atoms with Crippen LogP contribution in [0.3, 0.4) is 0 Å². The molecule has 0 aliphatic carbocycles. The maximum atomic E-state index is 15.5. The van der Waals surface area contributed by atoms with E-state index in [0.29, 0.717) is 42.7 Å². The number of fused-ring (bicyclic) bond motifs is 3. The van der Waals surface area contributed by atoms with Crippen molar-refractivity contribution in [2.75, 3.05) is 13.2 Å². The first-order chi connectivity index (χ1) is 19.9. The van der Waals surface area contributed by atoms with Gasteiger partial charge in [0.1, 0.15) is 16.9 Å². The van der Waals surface area contributed by atoms with Crippen molar-refractivity contribution in [3.05, 3.63) is 53.5 Å². The highest BCUT2D eigenvalue weighted by Crippen LogP contribution is 2.42. The molecule has 6 heterocycles. The van der Waals surface area contributed by atoms with E-state index in [0.717, 1.165) is 4.68 Å². The molecule has 1 saturated heterocycles. The van der Waals surface area contributed by atoms with Crippen molar-refractivity contribution < 1.29 is 22.5 Å². The van der Waals surface area contributed by atoms with Crippen molar-refractivity contribution >= 4 is 22.1 Å². The van der Waals surface area contributed by atoms with Gasteiger partial charge in [-0.15, -0.1) is 5.10 Å². The molecule has 10 nitrogen and oxygen atoms in total. The maximum Gasteiger partial charge on any atom is 0.146 e. The minimum Gasteiger partial charge on any atom is -0.390 e. The SMILES string of the molecule is [2H]C([2H])([2H])c1nnn(C)c1-c1cnc2c3nn(C([2H])([2H])[2H])c(CO)c3n(C(c3ncccc3F)C3CCOCC3)c2c1. The normalized spacial score (nSPS) is 19.0. The van der Waals surface area contributed by atoms with Crippen LogP contribution >= 0.6 is 0 Å². The van der Waals surface area contributed by atoms with Gasteiger partial charge in [-0.05, 0) is 43.8 Å². The van der Waals surface area contributed by atoms with E-state index in [4.69, 9.17) is 13.0 Å². The summed E-state index contributed by atoms with van der Waals surface area (Å²) < 4.78 is 73.0. The van der Waals surface area contributed by atoms with Crippen LogP contribution in [0.5, 0.6) is 0 Å². The first-order valence-corrected chi connectivity index (χ1v) is 11.5. The third kappa shape index (κ3) is 3.41. The van der Waals surface area contributed by atoms with Gasteiger partial charge in [0.05, 0.1) is 46.5 Å². The molecule has 0 aromatic carbocycles. The van der Waals surface area contributed by atoms with E-state index in [1.165, 1.54) is 29.2 Å². The highest BCUT2D eigenvalue weighted by Gasteiger charge is 2.34. The van der Waals surface area contributed by atoms with Crippen LogP contribution in [-0.4, -0.2) is 57.6 Å². The molecule has 36 heavy (non-hydrogen) atoms. The Labute approximate surface area is 214 Å². The molecule has 5 aromatic rings. The molecule has 5 aromatic heterocycles. The van der Waals surface area contributed by atoms with Gasteiger partial charge in [-0.1, -0.05) is 5.21 Å². The number of aromatic nitrogens is 8. The van der Waals surface area contributed by atoms with Gasteiger partial charge in [0.15, 0.2) is 0 Å². The number of hydrogen-bond acceptors (Lipinski definition) is 7. The summed E-state index contributed by atoms with van der Waals surface area (Å²) in [5, 5.41) is 22.6. The molecular weight excluding hydrogens is 463 g/mol. The van der Waals surface area contributed by atoms with Gasteiger partial charge in [-0.2, -0.15) is 5.10 Å². The van der Waals surface area contributed by atoms with Crippen LogP contribution in [0.1, 0.15) is 44.2 Å². The molecule has 0 saturated carbocycles. The molecule has 1 aliphatic rings.